The van der Waals surface area contributed by atoms with Gasteiger partial charge in [0.05, 0.1) is 30.8 Å². The Labute approximate surface area is 132 Å². The first-order chi connectivity index (χ1) is 10.5. The SMILES string of the molecule is COc1ccccc1C1C=C2NCN(CC(C)(C)O)C2=CC1. The number of nitrogens with one attached hydrogen (secondary N) is 1. The quantitative estimate of drug-likeness (QED) is 0.897. The lowest BCUT2D eigenvalue weighted by Gasteiger charge is -2.28. The van der Waals surface area contributed by atoms with Gasteiger partial charge in [-0.25, -0.2) is 0 Å². The smallest absolute Gasteiger partial charge is 0.122 e. The number of hydrogen-bond donors (Lipinski definition) is 2. The van der Waals surface area contributed by atoms with E-state index in [4.69, 9.17) is 4.74 Å². The lowest BCUT2D eigenvalue weighted by atomic mass is 9.89. The summed E-state index contributed by atoms with van der Waals surface area (Å²) in [5.74, 6) is 1.26. The zero-order chi connectivity index (χ0) is 15.7. The molecule has 4 nitrogen and oxygen atoms in total. The minimum Gasteiger partial charge on any atom is -0.496 e. The highest BCUT2D eigenvalue weighted by molar-refractivity contribution is 5.45. The lowest BCUT2D eigenvalue weighted by molar-refractivity contribution is 0.0505. The number of fused-ring (bicyclic) bond motifs is 1. The highest BCUT2D eigenvalue weighted by Gasteiger charge is 2.30. The van der Waals surface area contributed by atoms with Gasteiger partial charge in [0.15, 0.2) is 0 Å². The number of rotatable bonds is 4. The number of methoxy groups -OCH3 is 1. The second-order valence-electron chi connectivity index (χ2n) is 6.60. The lowest BCUT2D eigenvalue weighted by Crippen LogP contribution is -2.37. The number of hydrogen-bond acceptors (Lipinski definition) is 4. The maximum atomic E-state index is 10.0. The molecular formula is C18H24N2O2. The van der Waals surface area contributed by atoms with E-state index in [1.165, 1.54) is 11.3 Å². The molecule has 2 aliphatic rings. The van der Waals surface area contributed by atoms with Crippen LogP contribution in [0.5, 0.6) is 5.75 Å². The fraction of sp³-hybridized carbons (Fsp3) is 0.444. The van der Waals surface area contributed by atoms with Crippen molar-refractivity contribution in [1.29, 1.82) is 0 Å². The van der Waals surface area contributed by atoms with E-state index in [1.54, 1.807) is 7.11 Å². The average Bonchev–Trinajstić information content (AvgIpc) is 2.87. The summed E-state index contributed by atoms with van der Waals surface area (Å²) in [5.41, 5.74) is 2.88. The molecule has 1 saturated heterocycles. The first kappa shape index (κ1) is 15.0. The van der Waals surface area contributed by atoms with Crippen molar-refractivity contribution in [2.75, 3.05) is 20.3 Å². The fourth-order valence-electron chi connectivity index (χ4n) is 3.22. The number of aliphatic hydroxyl groups is 1. The van der Waals surface area contributed by atoms with Gasteiger partial charge >= 0.3 is 0 Å². The molecule has 1 aromatic rings. The molecule has 1 unspecified atom stereocenters. The largest absolute Gasteiger partial charge is 0.496 e. The van der Waals surface area contributed by atoms with E-state index in [0.29, 0.717) is 12.5 Å². The molecule has 1 aliphatic heterocycles. The summed E-state index contributed by atoms with van der Waals surface area (Å²) < 4.78 is 5.48. The predicted molar refractivity (Wildman–Crippen MR) is 87.5 cm³/mol. The second-order valence-corrected chi connectivity index (χ2v) is 6.60. The van der Waals surface area contributed by atoms with Crippen molar-refractivity contribution < 1.29 is 9.84 Å². The Hall–Kier alpha value is -1.94. The van der Waals surface area contributed by atoms with E-state index in [9.17, 15) is 5.11 Å². The fourth-order valence-corrected chi connectivity index (χ4v) is 3.22. The van der Waals surface area contributed by atoms with Crippen LogP contribution in [0.3, 0.4) is 0 Å². The van der Waals surface area contributed by atoms with Gasteiger partial charge in [0.25, 0.3) is 0 Å². The van der Waals surface area contributed by atoms with E-state index in [1.807, 2.05) is 26.0 Å². The van der Waals surface area contributed by atoms with Gasteiger partial charge in [-0.3, -0.25) is 0 Å². The Balaban J connectivity index is 1.81. The molecule has 118 valence electrons. The van der Waals surface area contributed by atoms with E-state index in [0.717, 1.165) is 24.5 Å². The first-order valence-corrected chi connectivity index (χ1v) is 7.74. The Kier molecular flexibility index (Phi) is 3.87. The van der Waals surface area contributed by atoms with Crippen molar-refractivity contribution in [2.24, 2.45) is 0 Å². The Morgan fingerprint density at radius 2 is 2.14 bits per heavy atom. The maximum absolute atomic E-state index is 10.0. The van der Waals surface area contributed by atoms with Crippen molar-refractivity contribution in [2.45, 2.75) is 31.8 Å². The van der Waals surface area contributed by atoms with Crippen LogP contribution in [0, 0.1) is 0 Å². The second kappa shape index (κ2) is 5.69. The molecule has 0 aromatic heterocycles. The van der Waals surface area contributed by atoms with Crippen LogP contribution in [0.25, 0.3) is 0 Å². The summed E-state index contributed by atoms with van der Waals surface area (Å²) in [6.07, 6.45) is 5.49. The normalized spacial score (nSPS) is 20.9. The van der Waals surface area contributed by atoms with Crippen LogP contribution in [0.15, 0.2) is 47.8 Å². The summed E-state index contributed by atoms with van der Waals surface area (Å²) in [4.78, 5) is 2.20. The third-order valence-electron chi connectivity index (χ3n) is 4.13. The van der Waals surface area contributed by atoms with Crippen LogP contribution in [0.4, 0.5) is 0 Å². The molecule has 1 atom stereocenters. The van der Waals surface area contributed by atoms with Gasteiger partial charge < -0.3 is 20.1 Å². The summed E-state index contributed by atoms with van der Waals surface area (Å²) in [6.45, 7) is 5.06. The summed E-state index contributed by atoms with van der Waals surface area (Å²) in [7, 11) is 1.72. The number of benzene rings is 1. The van der Waals surface area contributed by atoms with Gasteiger partial charge in [0.2, 0.25) is 0 Å². The Bertz CT molecular complexity index is 614. The molecule has 0 saturated carbocycles. The third kappa shape index (κ3) is 2.97. The number of nitrogens with zero attached hydrogens (tertiary/aromatic N) is 1. The van der Waals surface area contributed by atoms with Crippen LogP contribution < -0.4 is 10.1 Å². The molecule has 4 heteroatoms. The average molecular weight is 300 g/mol. The van der Waals surface area contributed by atoms with Crippen LogP contribution >= 0.6 is 0 Å². The minimum absolute atomic E-state index is 0.324. The van der Waals surface area contributed by atoms with E-state index >= 15 is 0 Å². The number of allylic oxidation sites excluding steroid dienone is 2. The summed E-state index contributed by atoms with van der Waals surface area (Å²) in [6, 6.07) is 8.19. The molecule has 2 N–H and O–H groups in total. The number of para-hydroxylation sites is 1. The Morgan fingerprint density at radius 1 is 1.36 bits per heavy atom. The zero-order valence-electron chi connectivity index (χ0n) is 13.5. The summed E-state index contributed by atoms with van der Waals surface area (Å²) in [5, 5.41) is 13.5. The minimum atomic E-state index is -0.697. The van der Waals surface area contributed by atoms with Crippen molar-refractivity contribution in [3.63, 3.8) is 0 Å². The van der Waals surface area contributed by atoms with Crippen LogP contribution in [-0.2, 0) is 0 Å². The molecule has 0 amide bonds. The molecule has 22 heavy (non-hydrogen) atoms. The zero-order valence-corrected chi connectivity index (χ0v) is 13.5. The number of β-amino-alcohol motifs (C(OH)–C–C–N with tert-alkyl or cyclic N) is 1. The standard InChI is InChI=1S/C18H24N2O2/c1-18(2,21)11-20-12-19-15-10-13(8-9-16(15)20)14-6-4-5-7-17(14)22-3/h4-7,9-10,13,19,21H,8,11-12H2,1-3H3. The third-order valence-corrected chi connectivity index (χ3v) is 4.13. The molecule has 1 fully saturated rings. The molecular weight excluding hydrogens is 276 g/mol. The van der Waals surface area contributed by atoms with E-state index in [-0.39, 0.29) is 0 Å². The van der Waals surface area contributed by atoms with Crippen molar-refractivity contribution in [1.82, 2.24) is 10.2 Å². The van der Waals surface area contributed by atoms with E-state index in [2.05, 4.69) is 34.5 Å². The Morgan fingerprint density at radius 3 is 2.86 bits per heavy atom. The van der Waals surface area contributed by atoms with Crippen molar-refractivity contribution >= 4 is 0 Å². The molecule has 1 aliphatic carbocycles. The molecule has 0 spiro atoms. The highest BCUT2D eigenvalue weighted by atomic mass is 16.5. The van der Waals surface area contributed by atoms with Crippen LogP contribution in [0.2, 0.25) is 0 Å². The van der Waals surface area contributed by atoms with Crippen molar-refractivity contribution in [3.05, 3.63) is 53.4 Å². The molecule has 3 rings (SSSR count). The van der Waals surface area contributed by atoms with Gasteiger partial charge in [-0.2, -0.15) is 0 Å². The molecule has 0 bridgehead atoms. The number of ether oxygens (including phenoxy) is 1. The predicted octanol–water partition coefficient (Wildman–Crippen LogP) is 2.58. The van der Waals surface area contributed by atoms with E-state index < -0.39 is 5.60 Å². The monoisotopic (exact) mass is 300 g/mol. The van der Waals surface area contributed by atoms with Gasteiger partial charge in [0, 0.05) is 18.0 Å². The molecule has 1 heterocycles. The van der Waals surface area contributed by atoms with Crippen LogP contribution in [-0.4, -0.2) is 35.9 Å². The molecule has 1 aromatic carbocycles. The first-order valence-electron chi connectivity index (χ1n) is 7.74. The van der Waals surface area contributed by atoms with Gasteiger partial charge in [-0.15, -0.1) is 0 Å². The van der Waals surface area contributed by atoms with Gasteiger partial charge in [0.1, 0.15) is 5.75 Å². The van der Waals surface area contributed by atoms with Gasteiger partial charge in [-0.05, 0) is 26.3 Å². The molecule has 0 radical (unpaired) electrons. The van der Waals surface area contributed by atoms with Crippen LogP contribution in [0.1, 0.15) is 31.7 Å². The maximum Gasteiger partial charge on any atom is 0.122 e. The topological polar surface area (TPSA) is 44.7 Å². The summed E-state index contributed by atoms with van der Waals surface area (Å²) >= 11 is 0. The van der Waals surface area contributed by atoms with Gasteiger partial charge in [-0.1, -0.05) is 30.4 Å². The highest BCUT2D eigenvalue weighted by Crippen LogP contribution is 2.37. The van der Waals surface area contributed by atoms with Crippen molar-refractivity contribution in [3.8, 4) is 5.75 Å².